The lowest BCUT2D eigenvalue weighted by molar-refractivity contribution is 0.612. The molecular formula is C43H28N6O. The Kier molecular flexibility index (Phi) is 6.42. The van der Waals surface area contributed by atoms with Crippen LogP contribution in [-0.2, 0) is 6.54 Å². The second-order valence-electron chi connectivity index (χ2n) is 12.3. The smallest absolute Gasteiger partial charge is 0.228 e. The Hall–Kier alpha value is -6.86. The van der Waals surface area contributed by atoms with E-state index in [4.69, 9.17) is 24.4 Å². The van der Waals surface area contributed by atoms with E-state index in [1.807, 2.05) is 60.7 Å². The minimum Gasteiger partial charge on any atom is -0.438 e. The Morgan fingerprint density at radius 3 is 1.84 bits per heavy atom. The number of para-hydroxylation sites is 2. The summed E-state index contributed by atoms with van der Waals surface area (Å²) in [6.07, 6.45) is 0. The van der Waals surface area contributed by atoms with Gasteiger partial charge in [-0.3, -0.25) is 4.57 Å². The van der Waals surface area contributed by atoms with Crippen molar-refractivity contribution in [2.75, 3.05) is 0 Å². The second-order valence-corrected chi connectivity index (χ2v) is 12.3. The molecule has 7 nitrogen and oxygen atoms in total. The molecule has 6 aromatic carbocycles. The fraction of sp³-hybridized carbons (Fsp3) is 0.0233. The van der Waals surface area contributed by atoms with E-state index in [1.165, 1.54) is 10.8 Å². The molecule has 9 aromatic rings. The summed E-state index contributed by atoms with van der Waals surface area (Å²) in [6, 6.07) is 51.6. The van der Waals surface area contributed by atoms with E-state index in [0.717, 1.165) is 61.3 Å². The molecule has 0 saturated carbocycles. The molecule has 10 rings (SSSR count). The van der Waals surface area contributed by atoms with Crippen LogP contribution in [0.3, 0.4) is 0 Å². The molecule has 7 heteroatoms. The van der Waals surface area contributed by atoms with Crippen molar-refractivity contribution in [3.63, 3.8) is 0 Å². The largest absolute Gasteiger partial charge is 0.438 e. The van der Waals surface area contributed by atoms with Crippen LogP contribution in [0.15, 0.2) is 161 Å². The van der Waals surface area contributed by atoms with Crippen molar-refractivity contribution < 1.29 is 4.42 Å². The monoisotopic (exact) mass is 644 g/mol. The van der Waals surface area contributed by atoms with E-state index in [0.29, 0.717) is 29.9 Å². The van der Waals surface area contributed by atoms with Crippen molar-refractivity contribution in [1.29, 1.82) is 0 Å². The number of rotatable bonds is 4. The number of furan rings is 1. The average Bonchev–Trinajstić information content (AvgIpc) is 3.74. The first-order valence-corrected chi connectivity index (χ1v) is 16.6. The maximum atomic E-state index is 6.49. The Morgan fingerprint density at radius 2 is 1.10 bits per heavy atom. The summed E-state index contributed by atoms with van der Waals surface area (Å²) in [7, 11) is 0. The standard InChI is InChI=1S/C43H28N6O/c1-3-13-27(14-4-1)29-17-11-18-30(25-29)40-45-39(28-15-5-2-6-16-28)46-41(47-40)33-21-12-24-37-38(33)34-26-44-43(48-42(34)50-37)49-35-22-9-7-19-31(35)32-20-8-10-23-36(32)49/h1-25H,26H2,(H,44,48). The maximum absolute atomic E-state index is 6.49. The van der Waals surface area contributed by atoms with Gasteiger partial charge in [0.15, 0.2) is 17.5 Å². The van der Waals surface area contributed by atoms with Crippen molar-refractivity contribution in [3.8, 4) is 45.3 Å². The first kappa shape index (κ1) is 28.2. The topological polar surface area (TPSA) is 81.1 Å². The predicted molar refractivity (Wildman–Crippen MR) is 200 cm³/mol. The third kappa shape index (κ3) is 4.59. The van der Waals surface area contributed by atoms with Crippen molar-refractivity contribution >= 4 is 44.6 Å². The molecule has 50 heavy (non-hydrogen) atoms. The zero-order chi connectivity index (χ0) is 33.0. The highest BCUT2D eigenvalue weighted by Gasteiger charge is 2.26. The molecule has 1 N–H and O–H groups in total. The molecule has 1 aliphatic rings. The van der Waals surface area contributed by atoms with Crippen molar-refractivity contribution in [2.45, 2.75) is 6.54 Å². The van der Waals surface area contributed by atoms with Crippen LogP contribution in [0.25, 0.3) is 78.1 Å². The molecule has 0 unspecified atom stereocenters. The van der Waals surface area contributed by atoms with Crippen molar-refractivity contribution in [3.05, 3.63) is 157 Å². The van der Waals surface area contributed by atoms with Gasteiger partial charge >= 0.3 is 0 Å². The van der Waals surface area contributed by atoms with Gasteiger partial charge in [-0.05, 0) is 35.4 Å². The van der Waals surface area contributed by atoms with Gasteiger partial charge < -0.3 is 9.73 Å². The summed E-state index contributed by atoms with van der Waals surface area (Å²) in [4.78, 5) is 20.2. The summed E-state index contributed by atoms with van der Waals surface area (Å²) < 4.78 is 8.66. The van der Waals surface area contributed by atoms with Gasteiger partial charge in [-0.15, -0.1) is 0 Å². The molecule has 0 fully saturated rings. The molecule has 0 spiro atoms. The number of hydrogen-bond acceptors (Lipinski definition) is 6. The number of benzene rings is 6. The third-order valence-electron chi connectivity index (χ3n) is 9.35. The number of aliphatic imine (C=N–C) groups is 1. The fourth-order valence-corrected chi connectivity index (χ4v) is 7.03. The van der Waals surface area contributed by atoms with Crippen LogP contribution in [0.1, 0.15) is 5.56 Å². The predicted octanol–water partition coefficient (Wildman–Crippen LogP) is 10.0. The zero-order valence-corrected chi connectivity index (χ0v) is 26.8. The van der Waals surface area contributed by atoms with Gasteiger partial charge in [0.25, 0.3) is 0 Å². The number of nitrogens with one attached hydrogen (secondary N) is 1. The molecule has 0 aliphatic carbocycles. The molecule has 0 atom stereocenters. The van der Waals surface area contributed by atoms with Crippen LogP contribution in [-0.4, -0.2) is 25.5 Å². The van der Waals surface area contributed by atoms with Crippen LogP contribution in [0, 0.1) is 0 Å². The van der Waals surface area contributed by atoms with Gasteiger partial charge in [0.2, 0.25) is 11.8 Å². The summed E-state index contributed by atoms with van der Waals surface area (Å²) in [5, 5.41) is 6.91. The molecule has 0 saturated heterocycles. The normalized spacial score (nSPS) is 12.6. The number of aromatic nitrogens is 4. The maximum Gasteiger partial charge on any atom is 0.228 e. The number of fused-ring (bicyclic) bond motifs is 6. The summed E-state index contributed by atoms with van der Waals surface area (Å²) in [5.74, 6) is 3.09. The lowest BCUT2D eigenvalue weighted by atomic mass is 10.0. The first-order chi connectivity index (χ1) is 24.8. The molecule has 4 heterocycles. The van der Waals surface area contributed by atoms with Crippen LogP contribution >= 0.6 is 0 Å². The summed E-state index contributed by atoms with van der Waals surface area (Å²) >= 11 is 0. The second kappa shape index (κ2) is 11.4. The molecule has 3 aromatic heterocycles. The van der Waals surface area contributed by atoms with Gasteiger partial charge in [0.05, 0.1) is 11.0 Å². The fourth-order valence-electron chi connectivity index (χ4n) is 7.03. The molecule has 1 aliphatic heterocycles. The number of nitrogens with zero attached hydrogens (tertiary/aromatic N) is 5. The van der Waals surface area contributed by atoms with E-state index in [-0.39, 0.29) is 0 Å². The molecule has 0 radical (unpaired) electrons. The van der Waals surface area contributed by atoms with Crippen molar-refractivity contribution in [2.24, 2.45) is 4.99 Å². The van der Waals surface area contributed by atoms with Crippen LogP contribution in [0.2, 0.25) is 0 Å². The summed E-state index contributed by atoms with van der Waals surface area (Å²) in [6.45, 7) is 0.529. The third-order valence-corrected chi connectivity index (χ3v) is 9.35. The van der Waals surface area contributed by atoms with Gasteiger partial charge in [-0.2, -0.15) is 4.99 Å². The number of hydrogen-bond donors (Lipinski definition) is 1. The highest BCUT2D eigenvalue weighted by atomic mass is 16.3. The van der Waals surface area contributed by atoms with E-state index in [2.05, 4.69) is 101 Å². The van der Waals surface area contributed by atoms with Crippen molar-refractivity contribution in [1.82, 2.24) is 24.8 Å². The van der Waals surface area contributed by atoms with Gasteiger partial charge in [0.1, 0.15) is 5.58 Å². The van der Waals surface area contributed by atoms with Gasteiger partial charge in [-0.1, -0.05) is 127 Å². The Labute approximate surface area is 287 Å². The van der Waals surface area contributed by atoms with Crippen LogP contribution in [0.5, 0.6) is 0 Å². The van der Waals surface area contributed by atoms with Crippen LogP contribution in [0.4, 0.5) is 5.88 Å². The molecule has 236 valence electrons. The minimum atomic E-state index is 0.529. The Morgan fingerprint density at radius 1 is 0.520 bits per heavy atom. The Bertz CT molecular complexity index is 2710. The molecule has 0 bridgehead atoms. The quantitative estimate of drug-likeness (QED) is 0.206. The molecule has 0 amide bonds. The minimum absolute atomic E-state index is 0.529. The van der Waals surface area contributed by atoms with E-state index < -0.39 is 0 Å². The molecular weight excluding hydrogens is 617 g/mol. The Balaban J connectivity index is 1.14. The highest BCUT2D eigenvalue weighted by Crippen LogP contribution is 2.40. The summed E-state index contributed by atoms with van der Waals surface area (Å²) in [5.41, 5.74) is 8.80. The van der Waals surface area contributed by atoms with Gasteiger partial charge in [-0.25, -0.2) is 15.0 Å². The zero-order valence-electron chi connectivity index (χ0n) is 26.8. The van der Waals surface area contributed by atoms with E-state index in [1.54, 1.807) is 0 Å². The average molecular weight is 645 g/mol. The van der Waals surface area contributed by atoms with E-state index >= 15 is 0 Å². The van der Waals surface area contributed by atoms with E-state index in [9.17, 15) is 0 Å². The van der Waals surface area contributed by atoms with Gasteiger partial charge in [0, 0.05) is 45.0 Å². The SMILES string of the molecule is c1ccc(-c2cccc(-c3nc(-c4ccccc4)nc(-c4cccc5oc6c(c45)CNC(n4c5ccccc5c5ccccc54)=N6)n3)c2)cc1. The first-order valence-electron chi connectivity index (χ1n) is 16.6. The lowest BCUT2D eigenvalue weighted by Gasteiger charge is -2.17. The highest BCUT2D eigenvalue weighted by molar-refractivity contribution is 6.14. The van der Waals surface area contributed by atoms with Crippen LogP contribution < -0.4 is 5.32 Å². The lowest BCUT2D eigenvalue weighted by Crippen LogP contribution is -2.31.